The van der Waals surface area contributed by atoms with Crippen LogP contribution in [0.15, 0.2) is 41.3 Å². The Kier molecular flexibility index (Phi) is 6.82. The molecule has 156 valence electrons. The molecule has 1 aliphatic rings. The maximum Gasteiger partial charge on any atom is 0.252 e. The van der Waals surface area contributed by atoms with E-state index >= 15 is 0 Å². The van der Waals surface area contributed by atoms with E-state index in [2.05, 4.69) is 5.32 Å². The van der Waals surface area contributed by atoms with Crippen LogP contribution in [0.3, 0.4) is 0 Å². The number of carbonyl (C=O) groups excluding carboxylic acids is 1. The molecule has 1 aliphatic heterocycles. The standard InChI is InChI=1S/C21H25ClN2O4S/c1-15-5-8-20(16(2)13-15)28-12-9-23-21(25)18-14-17(6-7-19(18)22)29(26,27)24-10-3-4-11-24/h5-8,13-14H,3-4,9-12H2,1-2H3,(H,23,25). The summed E-state index contributed by atoms with van der Waals surface area (Å²) in [5, 5.41) is 2.94. The van der Waals surface area contributed by atoms with Gasteiger partial charge < -0.3 is 10.1 Å². The molecule has 0 saturated carbocycles. The average molecular weight is 437 g/mol. The number of hydrogen-bond donors (Lipinski definition) is 1. The highest BCUT2D eigenvalue weighted by Crippen LogP contribution is 2.25. The van der Waals surface area contributed by atoms with Gasteiger partial charge in [-0.15, -0.1) is 0 Å². The number of aryl methyl sites for hydroxylation is 2. The molecule has 0 spiro atoms. The molecule has 2 aromatic rings. The third-order valence-corrected chi connectivity index (χ3v) is 7.09. The van der Waals surface area contributed by atoms with Crippen LogP contribution in [-0.4, -0.2) is 44.9 Å². The first kappa shape index (κ1) is 21.6. The van der Waals surface area contributed by atoms with Crippen molar-refractivity contribution in [3.05, 3.63) is 58.1 Å². The number of ether oxygens (including phenoxy) is 1. The highest BCUT2D eigenvalue weighted by Gasteiger charge is 2.28. The normalized spacial score (nSPS) is 14.7. The molecule has 2 aromatic carbocycles. The second-order valence-electron chi connectivity index (χ2n) is 7.13. The van der Waals surface area contributed by atoms with E-state index in [1.807, 2.05) is 32.0 Å². The summed E-state index contributed by atoms with van der Waals surface area (Å²) in [4.78, 5) is 12.6. The van der Waals surface area contributed by atoms with E-state index in [9.17, 15) is 13.2 Å². The molecule has 1 saturated heterocycles. The van der Waals surface area contributed by atoms with Gasteiger partial charge in [-0.3, -0.25) is 4.79 Å². The summed E-state index contributed by atoms with van der Waals surface area (Å²) in [6, 6.07) is 10.1. The van der Waals surface area contributed by atoms with Gasteiger partial charge in [-0.25, -0.2) is 8.42 Å². The van der Waals surface area contributed by atoms with E-state index in [0.29, 0.717) is 19.7 Å². The third kappa shape index (κ3) is 5.10. The zero-order chi connectivity index (χ0) is 21.0. The first-order chi connectivity index (χ1) is 13.8. The summed E-state index contributed by atoms with van der Waals surface area (Å²) >= 11 is 6.14. The molecule has 0 unspecified atom stereocenters. The van der Waals surface area contributed by atoms with Crippen LogP contribution in [0.1, 0.15) is 34.3 Å². The van der Waals surface area contributed by atoms with Crippen LogP contribution in [0.25, 0.3) is 0 Å². The molecule has 1 N–H and O–H groups in total. The summed E-state index contributed by atoms with van der Waals surface area (Å²) in [6.45, 7) is 5.54. The summed E-state index contributed by atoms with van der Waals surface area (Å²) < 4.78 is 32.6. The molecule has 3 rings (SSSR count). The monoisotopic (exact) mass is 436 g/mol. The van der Waals surface area contributed by atoms with Gasteiger partial charge in [0.2, 0.25) is 10.0 Å². The maximum atomic E-state index is 12.7. The highest BCUT2D eigenvalue weighted by atomic mass is 35.5. The Hall–Kier alpha value is -2.09. The molecule has 8 heteroatoms. The van der Waals surface area contributed by atoms with E-state index < -0.39 is 15.9 Å². The summed E-state index contributed by atoms with van der Waals surface area (Å²) in [6.07, 6.45) is 1.70. The van der Waals surface area contributed by atoms with Crippen molar-refractivity contribution < 1.29 is 17.9 Å². The number of nitrogens with zero attached hydrogens (tertiary/aromatic N) is 1. The zero-order valence-corrected chi connectivity index (χ0v) is 18.1. The predicted molar refractivity (Wildman–Crippen MR) is 113 cm³/mol. The second kappa shape index (κ2) is 9.15. The molecule has 0 radical (unpaired) electrons. The van der Waals surface area contributed by atoms with Crippen molar-refractivity contribution in [3.8, 4) is 5.75 Å². The molecular formula is C21H25ClN2O4S. The quantitative estimate of drug-likeness (QED) is 0.673. The Bertz CT molecular complexity index is 1000. The molecule has 0 aromatic heterocycles. The number of carbonyl (C=O) groups is 1. The first-order valence-corrected chi connectivity index (χ1v) is 11.4. The molecule has 6 nitrogen and oxygen atoms in total. The number of nitrogens with one attached hydrogen (secondary N) is 1. The molecule has 0 aliphatic carbocycles. The topological polar surface area (TPSA) is 75.7 Å². The van der Waals surface area contributed by atoms with Crippen molar-refractivity contribution in [1.82, 2.24) is 9.62 Å². The van der Waals surface area contributed by atoms with Gasteiger partial charge in [0.15, 0.2) is 0 Å². The molecule has 29 heavy (non-hydrogen) atoms. The molecule has 1 amide bonds. The highest BCUT2D eigenvalue weighted by molar-refractivity contribution is 7.89. The van der Waals surface area contributed by atoms with Crippen molar-refractivity contribution in [2.75, 3.05) is 26.2 Å². The zero-order valence-electron chi connectivity index (χ0n) is 16.6. The molecular weight excluding hydrogens is 412 g/mol. The third-order valence-electron chi connectivity index (χ3n) is 4.86. The fourth-order valence-electron chi connectivity index (χ4n) is 3.30. The number of sulfonamides is 1. The Labute approximate surface area is 176 Å². The van der Waals surface area contributed by atoms with Gasteiger partial charge >= 0.3 is 0 Å². The van der Waals surface area contributed by atoms with E-state index in [1.165, 1.54) is 22.5 Å². The number of rotatable bonds is 7. The fourth-order valence-corrected chi connectivity index (χ4v) is 5.05. The predicted octanol–water partition coefficient (Wildman–Crippen LogP) is 3.55. The number of hydrogen-bond acceptors (Lipinski definition) is 4. The van der Waals surface area contributed by atoms with Crippen molar-refractivity contribution in [2.24, 2.45) is 0 Å². The maximum absolute atomic E-state index is 12.7. The Balaban J connectivity index is 1.63. The molecule has 1 heterocycles. The van der Waals surface area contributed by atoms with Gasteiger partial charge in [0.25, 0.3) is 5.91 Å². The second-order valence-corrected chi connectivity index (χ2v) is 9.47. The van der Waals surface area contributed by atoms with Gasteiger partial charge in [-0.2, -0.15) is 4.31 Å². The van der Waals surface area contributed by atoms with Crippen molar-refractivity contribution in [3.63, 3.8) is 0 Å². The smallest absolute Gasteiger partial charge is 0.252 e. The van der Waals surface area contributed by atoms with Crippen molar-refractivity contribution in [1.29, 1.82) is 0 Å². The van der Waals surface area contributed by atoms with Crippen LogP contribution in [0.5, 0.6) is 5.75 Å². The van der Waals surface area contributed by atoms with Crippen molar-refractivity contribution >= 4 is 27.5 Å². The van der Waals surface area contributed by atoms with E-state index in [0.717, 1.165) is 29.7 Å². The van der Waals surface area contributed by atoms with Gasteiger partial charge in [0.05, 0.1) is 22.0 Å². The van der Waals surface area contributed by atoms with Crippen LogP contribution < -0.4 is 10.1 Å². The van der Waals surface area contributed by atoms with Gasteiger partial charge in [-0.1, -0.05) is 29.3 Å². The largest absolute Gasteiger partial charge is 0.491 e. The summed E-state index contributed by atoms with van der Waals surface area (Å²) in [5.41, 5.74) is 2.32. The van der Waals surface area contributed by atoms with E-state index in [1.54, 1.807) is 0 Å². The van der Waals surface area contributed by atoms with E-state index in [4.69, 9.17) is 16.3 Å². The average Bonchev–Trinajstić information content (AvgIpc) is 3.22. The van der Waals surface area contributed by atoms with Crippen LogP contribution in [-0.2, 0) is 10.0 Å². The van der Waals surface area contributed by atoms with Gasteiger partial charge in [0, 0.05) is 13.1 Å². The van der Waals surface area contributed by atoms with Crippen LogP contribution in [0.2, 0.25) is 5.02 Å². The SMILES string of the molecule is Cc1ccc(OCCNC(=O)c2cc(S(=O)(=O)N3CCCC3)ccc2Cl)c(C)c1. The molecule has 1 fully saturated rings. The summed E-state index contributed by atoms with van der Waals surface area (Å²) in [5.74, 6) is 0.333. The molecule has 0 atom stereocenters. The minimum Gasteiger partial charge on any atom is -0.491 e. The Morgan fingerprint density at radius 2 is 1.86 bits per heavy atom. The lowest BCUT2D eigenvalue weighted by Gasteiger charge is -2.16. The lowest BCUT2D eigenvalue weighted by atomic mass is 10.1. The van der Waals surface area contributed by atoms with Crippen LogP contribution in [0, 0.1) is 13.8 Å². The lowest BCUT2D eigenvalue weighted by molar-refractivity contribution is 0.0947. The van der Waals surface area contributed by atoms with E-state index in [-0.39, 0.29) is 22.0 Å². The Morgan fingerprint density at radius 3 is 2.55 bits per heavy atom. The number of benzene rings is 2. The van der Waals surface area contributed by atoms with Gasteiger partial charge in [0.1, 0.15) is 12.4 Å². The summed E-state index contributed by atoms with van der Waals surface area (Å²) in [7, 11) is -3.61. The minimum atomic E-state index is -3.61. The number of amides is 1. The van der Waals surface area contributed by atoms with Gasteiger partial charge in [-0.05, 0) is 56.5 Å². The van der Waals surface area contributed by atoms with Crippen LogP contribution in [0.4, 0.5) is 0 Å². The number of halogens is 1. The van der Waals surface area contributed by atoms with Crippen LogP contribution >= 0.6 is 11.6 Å². The fraction of sp³-hybridized carbons (Fsp3) is 0.381. The minimum absolute atomic E-state index is 0.0838. The van der Waals surface area contributed by atoms with Crippen molar-refractivity contribution in [2.45, 2.75) is 31.6 Å². The lowest BCUT2D eigenvalue weighted by Crippen LogP contribution is -2.30. The Morgan fingerprint density at radius 1 is 1.14 bits per heavy atom. The first-order valence-electron chi connectivity index (χ1n) is 9.57. The molecule has 0 bridgehead atoms.